The lowest BCUT2D eigenvalue weighted by Gasteiger charge is -2.24. The van der Waals surface area contributed by atoms with E-state index in [4.69, 9.17) is 0 Å². The molecular formula is C16H30N2O3. The highest BCUT2D eigenvalue weighted by Crippen LogP contribution is 2.59. The van der Waals surface area contributed by atoms with E-state index in [0.717, 1.165) is 26.1 Å². The zero-order chi connectivity index (χ0) is 16.2. The average molecular weight is 298 g/mol. The normalized spacial score (nSPS) is 23.1. The van der Waals surface area contributed by atoms with E-state index < -0.39 is 17.3 Å². The Morgan fingerprint density at radius 2 is 1.57 bits per heavy atom. The van der Waals surface area contributed by atoms with Crippen LogP contribution in [-0.2, 0) is 9.59 Å². The van der Waals surface area contributed by atoms with Gasteiger partial charge in [0.25, 0.3) is 0 Å². The van der Waals surface area contributed by atoms with E-state index in [1.165, 1.54) is 0 Å². The van der Waals surface area contributed by atoms with Crippen LogP contribution in [0.4, 0.5) is 0 Å². The minimum absolute atomic E-state index is 0.00875. The molecule has 0 bridgehead atoms. The van der Waals surface area contributed by atoms with Crippen LogP contribution in [-0.4, -0.2) is 59.5 Å². The number of nitrogens with zero attached hydrogens (tertiary/aromatic N) is 2. The van der Waals surface area contributed by atoms with Gasteiger partial charge in [-0.3, -0.25) is 9.59 Å². The van der Waals surface area contributed by atoms with Gasteiger partial charge in [0, 0.05) is 13.1 Å². The molecule has 1 aliphatic carbocycles. The molecular weight excluding hydrogens is 268 g/mol. The maximum atomic E-state index is 12.5. The Morgan fingerprint density at radius 1 is 1.00 bits per heavy atom. The number of aliphatic carboxylic acids is 1. The summed E-state index contributed by atoms with van der Waals surface area (Å²) in [5, 5.41) is 9.20. The molecule has 1 amide bonds. The maximum absolute atomic E-state index is 12.5. The van der Waals surface area contributed by atoms with Crippen molar-refractivity contribution in [1.29, 1.82) is 0 Å². The Morgan fingerprint density at radius 3 is 1.95 bits per heavy atom. The fourth-order valence-corrected chi connectivity index (χ4v) is 3.21. The number of hydrogen-bond donors (Lipinski definition) is 1. The Kier molecular flexibility index (Phi) is 6.20. The number of carbonyl (C=O) groups excluding carboxylic acids is 1. The Bertz CT molecular complexity index is 378. The average Bonchev–Trinajstić information content (AvgIpc) is 3.01. The molecule has 5 nitrogen and oxygen atoms in total. The lowest BCUT2D eigenvalue weighted by Crippen LogP contribution is -2.36. The molecule has 1 aliphatic rings. The zero-order valence-corrected chi connectivity index (χ0v) is 14.1. The zero-order valence-electron chi connectivity index (χ0n) is 14.1. The molecule has 1 fully saturated rings. The summed E-state index contributed by atoms with van der Waals surface area (Å²) in [6.07, 6.45) is 0.937. The molecule has 5 heteroatoms. The predicted octanol–water partition coefficient (Wildman–Crippen LogP) is 1.92. The summed E-state index contributed by atoms with van der Waals surface area (Å²) in [6, 6.07) is 0. The van der Waals surface area contributed by atoms with Crippen LogP contribution < -0.4 is 0 Å². The summed E-state index contributed by atoms with van der Waals surface area (Å²) in [6.45, 7) is 14.4. The van der Waals surface area contributed by atoms with Gasteiger partial charge in [0.15, 0.2) is 0 Å². The van der Waals surface area contributed by atoms with Crippen LogP contribution in [0.15, 0.2) is 0 Å². The first-order valence-electron chi connectivity index (χ1n) is 8.05. The van der Waals surface area contributed by atoms with Crippen LogP contribution in [0.25, 0.3) is 0 Å². The summed E-state index contributed by atoms with van der Waals surface area (Å²) in [4.78, 5) is 27.9. The van der Waals surface area contributed by atoms with Gasteiger partial charge in [-0.25, -0.2) is 0 Å². The standard InChI is InChI=1S/C16H30N2O3/c1-6-17(7-2)10-9-11-18(8-3)14(19)12-13(15(20)21)16(12,4)5/h12-13H,6-11H2,1-5H3,(H,20,21). The first-order chi connectivity index (χ1) is 9.81. The van der Waals surface area contributed by atoms with Gasteiger partial charge in [-0.15, -0.1) is 0 Å². The van der Waals surface area contributed by atoms with Crippen molar-refractivity contribution in [2.75, 3.05) is 32.7 Å². The number of carbonyl (C=O) groups is 2. The second-order valence-corrected chi connectivity index (χ2v) is 6.41. The maximum Gasteiger partial charge on any atom is 0.307 e. The fourth-order valence-electron chi connectivity index (χ4n) is 3.21. The van der Waals surface area contributed by atoms with Crippen molar-refractivity contribution in [3.05, 3.63) is 0 Å². The van der Waals surface area contributed by atoms with E-state index in [1.54, 1.807) is 0 Å². The van der Waals surface area contributed by atoms with E-state index in [-0.39, 0.29) is 11.8 Å². The molecule has 1 saturated carbocycles. The van der Waals surface area contributed by atoms with Crippen LogP contribution in [0.2, 0.25) is 0 Å². The highest BCUT2D eigenvalue weighted by atomic mass is 16.4. The minimum atomic E-state index is -0.849. The molecule has 0 aromatic heterocycles. The molecule has 0 aromatic rings. The van der Waals surface area contributed by atoms with Crippen molar-refractivity contribution in [3.8, 4) is 0 Å². The van der Waals surface area contributed by atoms with Gasteiger partial charge in [0.2, 0.25) is 5.91 Å². The molecule has 0 heterocycles. The number of amides is 1. The summed E-state index contributed by atoms with van der Waals surface area (Å²) in [5.74, 6) is -1.72. The molecule has 21 heavy (non-hydrogen) atoms. The molecule has 2 unspecified atom stereocenters. The van der Waals surface area contributed by atoms with Crippen LogP contribution in [0, 0.1) is 17.3 Å². The van der Waals surface area contributed by atoms with E-state index in [2.05, 4.69) is 18.7 Å². The van der Waals surface area contributed by atoms with Gasteiger partial charge >= 0.3 is 5.97 Å². The SMILES string of the molecule is CCN(CC)CCCN(CC)C(=O)C1C(C(=O)O)C1(C)C. The molecule has 1 rings (SSSR count). The first kappa shape index (κ1) is 18.0. The number of carboxylic acid groups (broad SMARTS) is 1. The molecule has 1 N–H and O–H groups in total. The second-order valence-electron chi connectivity index (χ2n) is 6.41. The monoisotopic (exact) mass is 298 g/mol. The van der Waals surface area contributed by atoms with Crippen LogP contribution in [0.1, 0.15) is 41.0 Å². The third-order valence-corrected chi connectivity index (χ3v) is 4.85. The second kappa shape index (κ2) is 7.25. The predicted molar refractivity (Wildman–Crippen MR) is 83.1 cm³/mol. The van der Waals surface area contributed by atoms with E-state index in [9.17, 15) is 14.7 Å². The number of rotatable bonds is 9. The van der Waals surface area contributed by atoms with Gasteiger partial charge < -0.3 is 14.9 Å². The highest BCUT2D eigenvalue weighted by molar-refractivity contribution is 5.91. The number of carboxylic acids is 1. The smallest absolute Gasteiger partial charge is 0.307 e. The molecule has 0 radical (unpaired) electrons. The van der Waals surface area contributed by atoms with E-state index in [1.807, 2.05) is 25.7 Å². The lowest BCUT2D eigenvalue weighted by atomic mass is 10.1. The summed E-state index contributed by atoms with van der Waals surface area (Å²) in [7, 11) is 0. The molecule has 2 atom stereocenters. The Labute approximate surface area is 128 Å². The largest absolute Gasteiger partial charge is 0.481 e. The Hall–Kier alpha value is -1.10. The van der Waals surface area contributed by atoms with Crippen molar-refractivity contribution in [2.24, 2.45) is 17.3 Å². The van der Waals surface area contributed by atoms with E-state index >= 15 is 0 Å². The summed E-state index contributed by atoms with van der Waals surface area (Å²) < 4.78 is 0. The summed E-state index contributed by atoms with van der Waals surface area (Å²) in [5.41, 5.74) is -0.408. The quantitative estimate of drug-likeness (QED) is 0.706. The van der Waals surface area contributed by atoms with Crippen LogP contribution in [0.3, 0.4) is 0 Å². The minimum Gasteiger partial charge on any atom is -0.481 e. The van der Waals surface area contributed by atoms with Crippen LogP contribution >= 0.6 is 0 Å². The van der Waals surface area contributed by atoms with Crippen molar-refractivity contribution in [3.63, 3.8) is 0 Å². The molecule has 0 spiro atoms. The Balaban J connectivity index is 2.53. The van der Waals surface area contributed by atoms with Gasteiger partial charge in [-0.05, 0) is 38.4 Å². The van der Waals surface area contributed by atoms with E-state index in [0.29, 0.717) is 13.1 Å². The number of hydrogen-bond acceptors (Lipinski definition) is 3. The van der Waals surface area contributed by atoms with Gasteiger partial charge in [0.1, 0.15) is 0 Å². The third kappa shape index (κ3) is 3.96. The molecule has 0 aliphatic heterocycles. The summed E-state index contributed by atoms with van der Waals surface area (Å²) >= 11 is 0. The fraction of sp³-hybridized carbons (Fsp3) is 0.875. The van der Waals surface area contributed by atoms with Gasteiger partial charge in [0.05, 0.1) is 11.8 Å². The molecule has 122 valence electrons. The van der Waals surface area contributed by atoms with Gasteiger partial charge in [-0.1, -0.05) is 27.7 Å². The van der Waals surface area contributed by atoms with Crippen molar-refractivity contribution < 1.29 is 14.7 Å². The third-order valence-electron chi connectivity index (χ3n) is 4.85. The highest BCUT2D eigenvalue weighted by Gasteiger charge is 2.66. The van der Waals surface area contributed by atoms with Gasteiger partial charge in [-0.2, -0.15) is 0 Å². The lowest BCUT2D eigenvalue weighted by molar-refractivity contribution is -0.142. The van der Waals surface area contributed by atoms with Crippen molar-refractivity contribution in [1.82, 2.24) is 9.80 Å². The van der Waals surface area contributed by atoms with Crippen molar-refractivity contribution >= 4 is 11.9 Å². The topological polar surface area (TPSA) is 60.9 Å². The van der Waals surface area contributed by atoms with Crippen LogP contribution in [0.5, 0.6) is 0 Å². The molecule has 0 aromatic carbocycles. The first-order valence-corrected chi connectivity index (χ1v) is 8.05. The van der Waals surface area contributed by atoms with Crippen molar-refractivity contribution in [2.45, 2.75) is 41.0 Å². The molecule has 0 saturated heterocycles.